The maximum absolute atomic E-state index is 5.40. The predicted molar refractivity (Wildman–Crippen MR) is 56.2 cm³/mol. The molecule has 1 aromatic carbocycles. The van der Waals surface area contributed by atoms with E-state index in [1.807, 2.05) is 25.1 Å². The molecule has 0 fully saturated rings. The molecule has 0 radical (unpaired) electrons. The third-order valence-corrected chi connectivity index (χ3v) is 1.53. The largest absolute Gasteiger partial charge is 0.494 e. The fourth-order valence-corrected chi connectivity index (χ4v) is 0.981. The van der Waals surface area contributed by atoms with E-state index in [4.69, 9.17) is 16.3 Å². The van der Waals surface area contributed by atoms with Crippen molar-refractivity contribution < 1.29 is 4.74 Å². The molecule has 1 rings (SSSR count). The molecule has 0 amide bonds. The molecule has 0 aliphatic heterocycles. The first kappa shape index (κ1) is 10.3. The van der Waals surface area contributed by atoms with Crippen molar-refractivity contribution in [2.24, 2.45) is 16.6 Å². The molecule has 0 aliphatic carbocycles. The number of benzene rings is 1. The quantitative estimate of drug-likeness (QED) is 0.283. The molecule has 0 saturated heterocycles. The third kappa shape index (κ3) is 2.95. The van der Waals surface area contributed by atoms with Crippen molar-refractivity contribution in [3.63, 3.8) is 0 Å². The van der Waals surface area contributed by atoms with Crippen LogP contribution in [0.3, 0.4) is 0 Å². The van der Waals surface area contributed by atoms with E-state index in [0.717, 1.165) is 5.75 Å². The molecule has 0 aromatic heterocycles. The Bertz CT molecular complexity index is 324. The van der Waals surface area contributed by atoms with Gasteiger partial charge in [-0.1, -0.05) is 6.07 Å². The van der Waals surface area contributed by atoms with Gasteiger partial charge >= 0.3 is 0 Å². The van der Waals surface area contributed by atoms with Gasteiger partial charge in [-0.3, -0.25) is 5.43 Å². The van der Waals surface area contributed by atoms with E-state index >= 15 is 0 Å². The van der Waals surface area contributed by atoms with Crippen molar-refractivity contribution in [1.29, 1.82) is 0 Å². The van der Waals surface area contributed by atoms with Gasteiger partial charge in [0.2, 0.25) is 5.96 Å². The van der Waals surface area contributed by atoms with Gasteiger partial charge in [-0.25, -0.2) is 10.8 Å². The number of nitrogens with zero attached hydrogens (tertiary/aromatic N) is 1. The van der Waals surface area contributed by atoms with E-state index in [1.54, 1.807) is 6.07 Å². The Hall–Kier alpha value is -1.75. The van der Waals surface area contributed by atoms with E-state index in [1.165, 1.54) is 0 Å². The molecule has 0 spiro atoms. The lowest BCUT2D eigenvalue weighted by Crippen LogP contribution is -2.36. The fraction of sp³-hybridized carbons (Fsp3) is 0.222. The van der Waals surface area contributed by atoms with E-state index in [-0.39, 0.29) is 5.96 Å². The highest BCUT2D eigenvalue weighted by atomic mass is 16.5. The summed E-state index contributed by atoms with van der Waals surface area (Å²) in [5, 5.41) is 0. The zero-order chi connectivity index (χ0) is 10.4. The molecule has 0 heterocycles. The summed E-state index contributed by atoms with van der Waals surface area (Å²) in [4.78, 5) is 4.00. The van der Waals surface area contributed by atoms with Gasteiger partial charge in [-0.05, 0) is 19.1 Å². The molecule has 0 atom stereocenters. The summed E-state index contributed by atoms with van der Waals surface area (Å²) in [6.45, 7) is 2.55. The van der Waals surface area contributed by atoms with Crippen LogP contribution in [0, 0.1) is 0 Å². The topological polar surface area (TPSA) is 85.7 Å². The van der Waals surface area contributed by atoms with Crippen LogP contribution in [0.2, 0.25) is 0 Å². The summed E-state index contributed by atoms with van der Waals surface area (Å²) >= 11 is 0. The summed E-state index contributed by atoms with van der Waals surface area (Å²) in [6, 6.07) is 7.29. The minimum absolute atomic E-state index is 0.165. The summed E-state index contributed by atoms with van der Waals surface area (Å²) in [7, 11) is 0. The van der Waals surface area contributed by atoms with Gasteiger partial charge in [0, 0.05) is 6.07 Å². The normalized spacial score (nSPS) is 11.1. The number of guanidine groups is 1. The zero-order valence-corrected chi connectivity index (χ0v) is 8.03. The van der Waals surface area contributed by atoms with Crippen molar-refractivity contribution in [3.05, 3.63) is 24.3 Å². The minimum atomic E-state index is 0.165. The zero-order valence-electron chi connectivity index (χ0n) is 8.03. The van der Waals surface area contributed by atoms with Gasteiger partial charge in [-0.15, -0.1) is 0 Å². The standard InChI is InChI=1S/C9H14N4O/c1-2-14-8-5-3-4-7(6-8)12-9(10)13-11/h3-6H,2,11H2,1H3,(H3,10,12,13). The number of hydrazine groups is 1. The number of hydrogen-bond donors (Lipinski definition) is 3. The first-order chi connectivity index (χ1) is 6.76. The second kappa shape index (κ2) is 5.08. The van der Waals surface area contributed by atoms with Gasteiger partial charge in [0.25, 0.3) is 0 Å². The smallest absolute Gasteiger partial charge is 0.208 e. The predicted octanol–water partition coefficient (Wildman–Crippen LogP) is 0.495. The summed E-state index contributed by atoms with van der Waals surface area (Å²) in [6.07, 6.45) is 0. The second-order valence-corrected chi connectivity index (χ2v) is 2.57. The molecule has 0 unspecified atom stereocenters. The number of nitrogens with two attached hydrogens (primary N) is 2. The van der Waals surface area contributed by atoms with E-state index in [9.17, 15) is 0 Å². The minimum Gasteiger partial charge on any atom is -0.494 e. The summed E-state index contributed by atoms with van der Waals surface area (Å²) in [5.41, 5.74) is 8.35. The van der Waals surface area contributed by atoms with Crippen molar-refractivity contribution in [2.75, 3.05) is 6.61 Å². The van der Waals surface area contributed by atoms with Crippen LogP contribution in [0.1, 0.15) is 6.92 Å². The Morgan fingerprint density at radius 2 is 2.36 bits per heavy atom. The Balaban J connectivity index is 2.83. The van der Waals surface area contributed by atoms with Crippen LogP contribution < -0.4 is 21.7 Å². The molecule has 0 saturated carbocycles. The molecule has 5 N–H and O–H groups in total. The number of ether oxygens (including phenoxy) is 1. The Kier molecular flexibility index (Phi) is 3.75. The molecule has 76 valence electrons. The van der Waals surface area contributed by atoms with Crippen LogP contribution in [0.15, 0.2) is 29.3 Å². The summed E-state index contributed by atoms with van der Waals surface area (Å²) < 4.78 is 5.30. The Morgan fingerprint density at radius 3 is 3.00 bits per heavy atom. The molecule has 0 bridgehead atoms. The molecular formula is C9H14N4O. The fourth-order valence-electron chi connectivity index (χ4n) is 0.981. The lowest BCUT2D eigenvalue weighted by atomic mass is 10.3. The molecular weight excluding hydrogens is 180 g/mol. The van der Waals surface area contributed by atoms with Crippen LogP contribution in [0.25, 0.3) is 0 Å². The monoisotopic (exact) mass is 194 g/mol. The van der Waals surface area contributed by atoms with Crippen molar-refractivity contribution in [1.82, 2.24) is 5.43 Å². The first-order valence-electron chi connectivity index (χ1n) is 4.30. The van der Waals surface area contributed by atoms with Crippen LogP contribution >= 0.6 is 0 Å². The van der Waals surface area contributed by atoms with Crippen LogP contribution in [0.5, 0.6) is 5.75 Å². The Morgan fingerprint density at radius 1 is 1.57 bits per heavy atom. The molecule has 5 nitrogen and oxygen atoms in total. The lowest BCUT2D eigenvalue weighted by molar-refractivity contribution is 0.340. The molecule has 1 aromatic rings. The van der Waals surface area contributed by atoms with Gasteiger partial charge < -0.3 is 10.5 Å². The number of rotatable bonds is 3. The lowest BCUT2D eigenvalue weighted by Gasteiger charge is -2.03. The van der Waals surface area contributed by atoms with Gasteiger partial charge in [-0.2, -0.15) is 0 Å². The van der Waals surface area contributed by atoms with Crippen molar-refractivity contribution >= 4 is 11.6 Å². The number of hydrogen-bond acceptors (Lipinski definition) is 3. The first-order valence-corrected chi connectivity index (χ1v) is 4.30. The average molecular weight is 194 g/mol. The highest BCUT2D eigenvalue weighted by Crippen LogP contribution is 2.19. The molecule has 0 aliphatic rings. The Labute approximate surface area is 82.7 Å². The third-order valence-electron chi connectivity index (χ3n) is 1.53. The maximum Gasteiger partial charge on any atom is 0.208 e. The molecule has 14 heavy (non-hydrogen) atoms. The number of nitrogens with one attached hydrogen (secondary N) is 1. The van der Waals surface area contributed by atoms with Crippen molar-refractivity contribution in [2.45, 2.75) is 6.92 Å². The number of aliphatic imine (C=N–C) groups is 1. The van der Waals surface area contributed by atoms with E-state index in [0.29, 0.717) is 12.3 Å². The highest BCUT2D eigenvalue weighted by Gasteiger charge is 1.95. The van der Waals surface area contributed by atoms with Gasteiger partial charge in [0.05, 0.1) is 12.3 Å². The van der Waals surface area contributed by atoms with Crippen molar-refractivity contribution in [3.8, 4) is 5.75 Å². The highest BCUT2D eigenvalue weighted by molar-refractivity contribution is 5.80. The van der Waals surface area contributed by atoms with E-state index in [2.05, 4.69) is 10.4 Å². The maximum atomic E-state index is 5.40. The molecule has 5 heteroatoms. The van der Waals surface area contributed by atoms with Gasteiger partial charge in [0.1, 0.15) is 5.75 Å². The van der Waals surface area contributed by atoms with Crippen LogP contribution in [-0.4, -0.2) is 12.6 Å². The van der Waals surface area contributed by atoms with Crippen LogP contribution in [-0.2, 0) is 0 Å². The second-order valence-electron chi connectivity index (χ2n) is 2.57. The van der Waals surface area contributed by atoms with E-state index < -0.39 is 0 Å². The van der Waals surface area contributed by atoms with Gasteiger partial charge in [0.15, 0.2) is 0 Å². The SMILES string of the molecule is CCOc1cccc(N=C(N)NN)c1. The van der Waals surface area contributed by atoms with Crippen LogP contribution in [0.4, 0.5) is 5.69 Å². The average Bonchev–Trinajstić information content (AvgIpc) is 2.19. The summed E-state index contributed by atoms with van der Waals surface area (Å²) in [5.74, 6) is 6.01.